The summed E-state index contributed by atoms with van der Waals surface area (Å²) in [6.07, 6.45) is 2.02. The number of benzene rings is 2. The van der Waals surface area contributed by atoms with Gasteiger partial charge in [-0.2, -0.15) is 0 Å². The summed E-state index contributed by atoms with van der Waals surface area (Å²) >= 11 is 0. The highest BCUT2D eigenvalue weighted by Gasteiger charge is 2.11. The van der Waals surface area contributed by atoms with Gasteiger partial charge in [0.25, 0.3) is 0 Å². The van der Waals surface area contributed by atoms with E-state index >= 15 is 0 Å². The van der Waals surface area contributed by atoms with Gasteiger partial charge < -0.3 is 15.6 Å². The van der Waals surface area contributed by atoms with Crippen LogP contribution in [0, 0.1) is 6.92 Å². The summed E-state index contributed by atoms with van der Waals surface area (Å²) in [6.45, 7) is 2.05. The monoisotopic (exact) mass is 251 g/mol. The Hall–Kier alpha value is -2.42. The van der Waals surface area contributed by atoms with Gasteiger partial charge in [0.1, 0.15) is 0 Å². The lowest BCUT2D eigenvalue weighted by atomic mass is 10.1. The van der Waals surface area contributed by atoms with Gasteiger partial charge in [-0.25, -0.2) is 0 Å². The van der Waals surface area contributed by atoms with Crippen molar-refractivity contribution < 1.29 is 0 Å². The van der Waals surface area contributed by atoms with Gasteiger partial charge in [0.05, 0.1) is 17.1 Å². The Morgan fingerprint density at radius 1 is 1.05 bits per heavy atom. The van der Waals surface area contributed by atoms with Crippen molar-refractivity contribution in [2.24, 2.45) is 0 Å². The first-order chi connectivity index (χ1) is 9.16. The predicted molar refractivity (Wildman–Crippen MR) is 82.0 cm³/mol. The van der Waals surface area contributed by atoms with E-state index in [1.807, 2.05) is 38.4 Å². The molecule has 0 aliphatic rings. The molecular weight excluding hydrogens is 234 g/mol. The van der Waals surface area contributed by atoms with Crippen LogP contribution in [0.1, 0.15) is 5.56 Å². The molecule has 1 heterocycles. The Bertz CT molecular complexity index is 728. The number of aromatic amines is 1. The van der Waals surface area contributed by atoms with Gasteiger partial charge >= 0.3 is 0 Å². The number of nitrogens with zero attached hydrogens (tertiary/aromatic N) is 1. The van der Waals surface area contributed by atoms with Crippen molar-refractivity contribution in [2.75, 3.05) is 17.7 Å². The molecule has 0 bridgehead atoms. The number of nitrogens with one attached hydrogen (secondary N) is 1. The zero-order valence-electron chi connectivity index (χ0n) is 11.1. The van der Waals surface area contributed by atoms with Crippen LogP contribution in [0.25, 0.3) is 10.9 Å². The highest BCUT2D eigenvalue weighted by Crippen LogP contribution is 2.34. The number of hydrogen-bond donors (Lipinski definition) is 2. The smallest absolute Gasteiger partial charge is 0.0666 e. The quantitative estimate of drug-likeness (QED) is 0.680. The van der Waals surface area contributed by atoms with E-state index in [0.29, 0.717) is 0 Å². The van der Waals surface area contributed by atoms with E-state index < -0.39 is 0 Å². The summed E-state index contributed by atoms with van der Waals surface area (Å²) in [5, 5.41) is 1.20. The molecule has 0 atom stereocenters. The highest BCUT2D eigenvalue weighted by atomic mass is 15.1. The molecule has 3 aromatic rings. The maximum atomic E-state index is 6.12. The van der Waals surface area contributed by atoms with Crippen LogP contribution in [0.15, 0.2) is 48.7 Å². The normalized spacial score (nSPS) is 10.8. The van der Waals surface area contributed by atoms with E-state index in [2.05, 4.69) is 34.1 Å². The van der Waals surface area contributed by atoms with E-state index in [4.69, 9.17) is 5.73 Å². The molecule has 96 valence electrons. The minimum Gasteiger partial charge on any atom is -0.397 e. The zero-order valence-corrected chi connectivity index (χ0v) is 11.1. The van der Waals surface area contributed by atoms with Crippen molar-refractivity contribution in [1.29, 1.82) is 0 Å². The molecule has 0 spiro atoms. The minimum absolute atomic E-state index is 0.799. The third kappa shape index (κ3) is 1.93. The molecule has 0 fully saturated rings. The van der Waals surface area contributed by atoms with Crippen molar-refractivity contribution in [2.45, 2.75) is 6.92 Å². The van der Waals surface area contributed by atoms with Gasteiger partial charge in [-0.05, 0) is 30.7 Å². The van der Waals surface area contributed by atoms with Crippen LogP contribution >= 0.6 is 0 Å². The number of aryl methyl sites for hydroxylation is 1. The Morgan fingerprint density at radius 3 is 2.63 bits per heavy atom. The molecule has 0 amide bonds. The molecule has 0 aliphatic carbocycles. The standard InChI is InChI=1S/C16H17N3/c1-11-7-8-15(13(17)9-11)19(2)16-10-18-14-6-4-3-5-12(14)16/h3-10,18H,17H2,1-2H3. The van der Waals surface area contributed by atoms with Gasteiger partial charge in [0.15, 0.2) is 0 Å². The van der Waals surface area contributed by atoms with Crippen LogP contribution in [0.5, 0.6) is 0 Å². The molecule has 0 saturated heterocycles. The van der Waals surface area contributed by atoms with Crippen molar-refractivity contribution >= 4 is 28.0 Å². The average molecular weight is 251 g/mol. The molecule has 0 radical (unpaired) electrons. The second-order valence-electron chi connectivity index (χ2n) is 4.84. The van der Waals surface area contributed by atoms with E-state index in [1.54, 1.807) is 0 Å². The maximum absolute atomic E-state index is 6.12. The number of aromatic nitrogens is 1. The molecule has 3 N–H and O–H groups in total. The first kappa shape index (κ1) is 11.7. The third-order valence-electron chi connectivity index (χ3n) is 3.47. The second kappa shape index (κ2) is 4.35. The van der Waals surface area contributed by atoms with Gasteiger partial charge in [0, 0.05) is 24.1 Å². The number of nitrogen functional groups attached to an aromatic ring is 1. The topological polar surface area (TPSA) is 45.0 Å². The molecule has 3 rings (SSSR count). The molecule has 3 heteroatoms. The Labute approximate surface area is 112 Å². The van der Waals surface area contributed by atoms with E-state index in [0.717, 1.165) is 22.6 Å². The lowest BCUT2D eigenvalue weighted by molar-refractivity contribution is 1.21. The number of nitrogens with two attached hydrogens (primary N) is 1. The Balaban J connectivity index is 2.10. The summed E-state index contributed by atoms with van der Waals surface area (Å²) in [5.41, 5.74) is 11.4. The molecular formula is C16H17N3. The van der Waals surface area contributed by atoms with Crippen molar-refractivity contribution in [3.8, 4) is 0 Å². The second-order valence-corrected chi connectivity index (χ2v) is 4.84. The number of anilines is 3. The first-order valence-electron chi connectivity index (χ1n) is 6.33. The van der Waals surface area contributed by atoms with Crippen LogP contribution in [-0.4, -0.2) is 12.0 Å². The average Bonchev–Trinajstić information content (AvgIpc) is 2.82. The largest absolute Gasteiger partial charge is 0.397 e. The molecule has 3 nitrogen and oxygen atoms in total. The summed E-state index contributed by atoms with van der Waals surface area (Å²) in [7, 11) is 2.04. The SMILES string of the molecule is Cc1ccc(N(C)c2c[nH]c3ccccc23)c(N)c1. The van der Waals surface area contributed by atoms with Gasteiger partial charge in [-0.1, -0.05) is 24.3 Å². The van der Waals surface area contributed by atoms with Crippen molar-refractivity contribution in [3.63, 3.8) is 0 Å². The summed E-state index contributed by atoms with van der Waals surface area (Å²) in [6, 6.07) is 14.4. The van der Waals surface area contributed by atoms with Crippen LogP contribution in [0.3, 0.4) is 0 Å². The third-order valence-corrected chi connectivity index (χ3v) is 3.47. The fraction of sp³-hybridized carbons (Fsp3) is 0.125. The molecule has 1 aromatic heterocycles. The molecule has 0 aliphatic heterocycles. The van der Waals surface area contributed by atoms with E-state index in [9.17, 15) is 0 Å². The Morgan fingerprint density at radius 2 is 1.84 bits per heavy atom. The van der Waals surface area contributed by atoms with Crippen LogP contribution in [0.2, 0.25) is 0 Å². The molecule has 0 saturated carbocycles. The minimum atomic E-state index is 0.799. The van der Waals surface area contributed by atoms with Crippen molar-refractivity contribution in [1.82, 2.24) is 4.98 Å². The van der Waals surface area contributed by atoms with Gasteiger partial charge in [-0.15, -0.1) is 0 Å². The Kier molecular flexibility index (Phi) is 2.67. The number of hydrogen-bond acceptors (Lipinski definition) is 2. The number of rotatable bonds is 2. The van der Waals surface area contributed by atoms with Crippen LogP contribution in [-0.2, 0) is 0 Å². The summed E-state index contributed by atoms with van der Waals surface area (Å²) in [4.78, 5) is 5.41. The lowest BCUT2D eigenvalue weighted by Crippen LogP contribution is -2.11. The number of H-pyrrole nitrogens is 1. The molecule has 0 unspecified atom stereocenters. The maximum Gasteiger partial charge on any atom is 0.0666 e. The van der Waals surface area contributed by atoms with Gasteiger partial charge in [-0.3, -0.25) is 0 Å². The van der Waals surface area contributed by atoms with Crippen molar-refractivity contribution in [3.05, 3.63) is 54.2 Å². The zero-order chi connectivity index (χ0) is 13.4. The summed E-state index contributed by atoms with van der Waals surface area (Å²) in [5.74, 6) is 0. The van der Waals surface area contributed by atoms with E-state index in [1.165, 1.54) is 10.9 Å². The predicted octanol–water partition coefficient (Wildman–Crippen LogP) is 3.83. The fourth-order valence-electron chi connectivity index (χ4n) is 2.44. The molecule has 19 heavy (non-hydrogen) atoms. The number of fused-ring (bicyclic) bond motifs is 1. The van der Waals surface area contributed by atoms with Crippen LogP contribution in [0.4, 0.5) is 17.1 Å². The first-order valence-corrected chi connectivity index (χ1v) is 6.33. The highest BCUT2D eigenvalue weighted by molar-refractivity contribution is 5.95. The lowest BCUT2D eigenvalue weighted by Gasteiger charge is -2.20. The summed E-state index contributed by atoms with van der Waals surface area (Å²) < 4.78 is 0. The van der Waals surface area contributed by atoms with Crippen LogP contribution < -0.4 is 10.6 Å². The fourth-order valence-corrected chi connectivity index (χ4v) is 2.44. The number of para-hydroxylation sites is 1. The van der Waals surface area contributed by atoms with E-state index in [-0.39, 0.29) is 0 Å². The van der Waals surface area contributed by atoms with Gasteiger partial charge in [0.2, 0.25) is 0 Å². The molecule has 2 aromatic carbocycles.